The molecule has 0 spiro atoms. The highest BCUT2D eigenvalue weighted by Crippen LogP contribution is 2.37. The van der Waals surface area contributed by atoms with Crippen LogP contribution in [0.15, 0.2) is 46.9 Å². The zero-order valence-corrected chi connectivity index (χ0v) is 14.7. The molecule has 1 aromatic heterocycles. The summed E-state index contributed by atoms with van der Waals surface area (Å²) < 4.78 is 3.15. The molecule has 0 amide bonds. The molecule has 2 aromatic carbocycles. The van der Waals surface area contributed by atoms with E-state index >= 15 is 0 Å². The molecule has 24 heavy (non-hydrogen) atoms. The van der Waals surface area contributed by atoms with Gasteiger partial charge < -0.3 is 4.90 Å². The minimum Gasteiger partial charge on any atom is -0.339 e. The van der Waals surface area contributed by atoms with Gasteiger partial charge in [0.25, 0.3) is 0 Å². The highest BCUT2D eigenvalue weighted by molar-refractivity contribution is 9.10. The first-order valence-corrected chi connectivity index (χ1v) is 8.42. The van der Waals surface area contributed by atoms with Crippen LogP contribution in [-0.4, -0.2) is 21.3 Å². The van der Waals surface area contributed by atoms with E-state index in [4.69, 9.17) is 6.57 Å². The van der Waals surface area contributed by atoms with Crippen molar-refractivity contribution < 1.29 is 0 Å². The summed E-state index contributed by atoms with van der Waals surface area (Å²) >= 11 is 3.58. The molecule has 0 N–H and O–H groups in total. The molecule has 118 valence electrons. The van der Waals surface area contributed by atoms with Gasteiger partial charge in [-0.05, 0) is 37.3 Å². The minimum atomic E-state index is 0.649. The Balaban J connectivity index is 1.90. The SMILES string of the molecule is [C-]#[N+]c1ccc(N2CCc3nnc(C)n3-c3ccc(Br)cc32)cc1. The number of fused-ring (bicyclic) bond motifs is 3. The summed E-state index contributed by atoms with van der Waals surface area (Å²) in [7, 11) is 0. The standard InChI is InChI=1S/C18H14BrN5/c1-12-21-22-18-9-10-23(15-6-4-14(20-2)5-7-15)17-11-13(19)3-8-16(17)24(12)18/h3-8,11H,9-10H2,1H3. The molecular formula is C18H14BrN5. The molecular weight excluding hydrogens is 366 g/mol. The summed E-state index contributed by atoms with van der Waals surface area (Å²) in [5, 5.41) is 8.56. The number of hydrogen-bond donors (Lipinski definition) is 0. The summed E-state index contributed by atoms with van der Waals surface area (Å²) in [6.45, 7) is 9.90. The van der Waals surface area contributed by atoms with Gasteiger partial charge in [0.2, 0.25) is 0 Å². The van der Waals surface area contributed by atoms with Gasteiger partial charge in [0.1, 0.15) is 11.6 Å². The van der Waals surface area contributed by atoms with E-state index in [1.165, 1.54) is 0 Å². The van der Waals surface area contributed by atoms with Crippen LogP contribution in [0, 0.1) is 13.5 Å². The topological polar surface area (TPSA) is 38.3 Å². The van der Waals surface area contributed by atoms with Gasteiger partial charge in [-0.3, -0.25) is 4.57 Å². The third kappa shape index (κ3) is 2.38. The summed E-state index contributed by atoms with van der Waals surface area (Å²) in [5.74, 6) is 1.86. The second kappa shape index (κ2) is 5.77. The van der Waals surface area contributed by atoms with Crippen molar-refractivity contribution in [3.8, 4) is 5.69 Å². The van der Waals surface area contributed by atoms with Gasteiger partial charge in [-0.15, -0.1) is 10.2 Å². The van der Waals surface area contributed by atoms with Crippen LogP contribution in [0.1, 0.15) is 11.6 Å². The zero-order chi connectivity index (χ0) is 16.7. The van der Waals surface area contributed by atoms with Crippen LogP contribution in [0.5, 0.6) is 0 Å². The summed E-state index contributed by atoms with van der Waals surface area (Å²) in [4.78, 5) is 5.74. The Labute approximate surface area is 148 Å². The predicted octanol–water partition coefficient (Wildman–Crippen LogP) is 4.58. The fourth-order valence-corrected chi connectivity index (χ4v) is 3.44. The largest absolute Gasteiger partial charge is 0.339 e. The van der Waals surface area contributed by atoms with Crippen molar-refractivity contribution in [3.05, 3.63) is 70.0 Å². The molecule has 0 saturated carbocycles. The molecule has 1 aliphatic heterocycles. The molecule has 1 aliphatic rings. The first-order chi connectivity index (χ1) is 11.7. The Hall–Kier alpha value is -2.65. The van der Waals surface area contributed by atoms with Gasteiger partial charge in [0, 0.05) is 23.1 Å². The van der Waals surface area contributed by atoms with Crippen molar-refractivity contribution in [2.45, 2.75) is 13.3 Å². The quantitative estimate of drug-likeness (QED) is 0.580. The Kier molecular flexibility index (Phi) is 3.58. The maximum absolute atomic E-state index is 7.12. The lowest BCUT2D eigenvalue weighted by atomic mass is 10.2. The molecule has 6 heteroatoms. The number of hydrogen-bond acceptors (Lipinski definition) is 3. The van der Waals surface area contributed by atoms with Crippen molar-refractivity contribution in [2.24, 2.45) is 0 Å². The number of aromatic nitrogens is 3. The average molecular weight is 380 g/mol. The third-order valence-corrected chi connectivity index (χ3v) is 4.70. The Morgan fingerprint density at radius 3 is 2.62 bits per heavy atom. The number of rotatable bonds is 1. The van der Waals surface area contributed by atoms with E-state index < -0.39 is 0 Å². The summed E-state index contributed by atoms with van der Waals surface area (Å²) in [5.41, 5.74) is 3.89. The van der Waals surface area contributed by atoms with Crippen LogP contribution in [0.3, 0.4) is 0 Å². The van der Waals surface area contributed by atoms with Crippen LogP contribution >= 0.6 is 15.9 Å². The minimum absolute atomic E-state index is 0.649. The molecule has 0 bridgehead atoms. The van der Waals surface area contributed by atoms with Crippen molar-refractivity contribution in [2.75, 3.05) is 11.4 Å². The van der Waals surface area contributed by atoms with Crippen LogP contribution in [0.2, 0.25) is 0 Å². The second-order valence-corrected chi connectivity index (χ2v) is 6.58. The molecule has 5 nitrogen and oxygen atoms in total. The van der Waals surface area contributed by atoms with Gasteiger partial charge in [0.05, 0.1) is 17.9 Å². The fraction of sp³-hybridized carbons (Fsp3) is 0.167. The number of halogens is 1. The number of benzene rings is 2. The maximum Gasteiger partial charge on any atom is 0.187 e. The molecule has 0 aliphatic carbocycles. The van der Waals surface area contributed by atoms with Crippen LogP contribution in [-0.2, 0) is 6.42 Å². The molecule has 0 radical (unpaired) electrons. The lowest BCUT2D eigenvalue weighted by Gasteiger charge is -2.25. The van der Waals surface area contributed by atoms with E-state index in [9.17, 15) is 0 Å². The lowest BCUT2D eigenvalue weighted by Crippen LogP contribution is -2.19. The Morgan fingerprint density at radius 2 is 1.88 bits per heavy atom. The fourth-order valence-electron chi connectivity index (χ4n) is 3.09. The van der Waals surface area contributed by atoms with E-state index in [1.807, 2.05) is 37.3 Å². The molecule has 0 saturated heterocycles. The van der Waals surface area contributed by atoms with E-state index in [1.54, 1.807) is 0 Å². The highest BCUT2D eigenvalue weighted by atomic mass is 79.9. The highest BCUT2D eigenvalue weighted by Gasteiger charge is 2.23. The monoisotopic (exact) mass is 379 g/mol. The van der Waals surface area contributed by atoms with Crippen LogP contribution in [0.4, 0.5) is 17.1 Å². The van der Waals surface area contributed by atoms with Crippen molar-refractivity contribution >= 4 is 33.0 Å². The van der Waals surface area contributed by atoms with Crippen LogP contribution in [0.25, 0.3) is 10.5 Å². The normalized spacial score (nSPS) is 13.0. The second-order valence-electron chi connectivity index (χ2n) is 5.66. The van der Waals surface area contributed by atoms with Gasteiger partial charge in [-0.1, -0.05) is 28.1 Å². The zero-order valence-electron chi connectivity index (χ0n) is 13.1. The number of anilines is 2. The number of nitrogens with zero attached hydrogens (tertiary/aromatic N) is 5. The van der Waals surface area contributed by atoms with E-state index in [0.717, 1.165) is 46.1 Å². The van der Waals surface area contributed by atoms with E-state index in [2.05, 4.69) is 52.6 Å². The summed E-state index contributed by atoms with van der Waals surface area (Å²) in [6.07, 6.45) is 0.803. The first kappa shape index (κ1) is 14.9. The molecule has 4 rings (SSSR count). The Morgan fingerprint density at radius 1 is 1.08 bits per heavy atom. The van der Waals surface area contributed by atoms with Gasteiger partial charge >= 0.3 is 0 Å². The van der Waals surface area contributed by atoms with Crippen LogP contribution < -0.4 is 4.90 Å². The van der Waals surface area contributed by atoms with Crippen molar-refractivity contribution in [3.63, 3.8) is 0 Å². The molecule has 3 aromatic rings. The van der Waals surface area contributed by atoms with Crippen molar-refractivity contribution in [1.82, 2.24) is 14.8 Å². The average Bonchev–Trinajstić information content (AvgIpc) is 2.88. The molecule has 0 unspecified atom stereocenters. The summed E-state index contributed by atoms with van der Waals surface area (Å²) in [6, 6.07) is 14.0. The van der Waals surface area contributed by atoms with Gasteiger partial charge in [-0.25, -0.2) is 4.85 Å². The smallest absolute Gasteiger partial charge is 0.187 e. The Bertz CT molecular complexity index is 953. The molecule has 0 fully saturated rings. The lowest BCUT2D eigenvalue weighted by molar-refractivity contribution is 0.838. The van der Waals surface area contributed by atoms with E-state index in [-0.39, 0.29) is 0 Å². The molecule has 0 atom stereocenters. The van der Waals surface area contributed by atoms with Crippen molar-refractivity contribution in [1.29, 1.82) is 0 Å². The maximum atomic E-state index is 7.12. The van der Waals surface area contributed by atoms with Gasteiger partial charge in [-0.2, -0.15) is 0 Å². The first-order valence-electron chi connectivity index (χ1n) is 7.63. The molecule has 2 heterocycles. The van der Waals surface area contributed by atoms with E-state index in [0.29, 0.717) is 5.69 Å². The van der Waals surface area contributed by atoms with Gasteiger partial charge in [0.15, 0.2) is 5.69 Å². The number of aryl methyl sites for hydroxylation is 1. The third-order valence-electron chi connectivity index (χ3n) is 4.21. The predicted molar refractivity (Wildman–Crippen MR) is 97.2 cm³/mol.